The number of fused-ring (bicyclic) bond motifs is 3. The van der Waals surface area contributed by atoms with Gasteiger partial charge in [0.15, 0.2) is 0 Å². The lowest BCUT2D eigenvalue weighted by molar-refractivity contribution is -0.126. The number of anilines is 1. The largest absolute Gasteiger partial charge is 0.497 e. The van der Waals surface area contributed by atoms with Crippen molar-refractivity contribution in [2.75, 3.05) is 31.6 Å². The van der Waals surface area contributed by atoms with Crippen molar-refractivity contribution < 1.29 is 18.3 Å². The molecule has 2 atom stereocenters. The third kappa shape index (κ3) is 5.00. The number of rotatable bonds is 6. The molecule has 0 spiro atoms. The highest BCUT2D eigenvalue weighted by molar-refractivity contribution is 5.82. The van der Waals surface area contributed by atoms with Crippen LogP contribution in [-0.4, -0.2) is 43.6 Å². The van der Waals surface area contributed by atoms with Gasteiger partial charge in [-0.3, -0.25) is 9.69 Å². The molecule has 5 rings (SSSR count). The molecule has 0 radical (unpaired) electrons. The molecule has 7 heteroatoms. The zero-order chi connectivity index (χ0) is 24.4. The minimum atomic E-state index is -0.321. The van der Waals surface area contributed by atoms with Gasteiger partial charge in [-0.25, -0.2) is 8.78 Å². The van der Waals surface area contributed by atoms with Crippen LogP contribution in [0.15, 0.2) is 66.7 Å². The Bertz CT molecular complexity index is 1200. The molecule has 3 aromatic rings. The second kappa shape index (κ2) is 10.0. The van der Waals surface area contributed by atoms with Crippen LogP contribution in [0.25, 0.3) is 0 Å². The van der Waals surface area contributed by atoms with Gasteiger partial charge in [-0.2, -0.15) is 0 Å². The lowest BCUT2D eigenvalue weighted by atomic mass is 9.83. The Morgan fingerprint density at radius 2 is 1.86 bits per heavy atom. The van der Waals surface area contributed by atoms with Gasteiger partial charge in [-0.1, -0.05) is 36.4 Å². The number of nitrogens with one attached hydrogen (secondary N) is 1. The number of amides is 1. The molecule has 2 aliphatic heterocycles. The lowest BCUT2D eigenvalue weighted by Crippen LogP contribution is -2.60. The molecule has 182 valence electrons. The van der Waals surface area contributed by atoms with E-state index in [1.54, 1.807) is 37.4 Å². The molecule has 5 nitrogen and oxygen atoms in total. The van der Waals surface area contributed by atoms with Crippen LogP contribution in [0.3, 0.4) is 0 Å². The average Bonchev–Trinajstić information content (AvgIpc) is 2.88. The molecule has 3 aromatic carbocycles. The Labute approximate surface area is 204 Å². The Hall–Kier alpha value is -3.45. The summed E-state index contributed by atoms with van der Waals surface area (Å²) in [7, 11) is 1.65. The minimum absolute atomic E-state index is 0.0376. The number of hydrogen-bond donors (Lipinski definition) is 1. The van der Waals surface area contributed by atoms with Crippen LogP contribution in [0.2, 0.25) is 0 Å². The maximum Gasteiger partial charge on any atom is 0.225 e. The molecule has 1 amide bonds. The first kappa shape index (κ1) is 23.3. The van der Waals surface area contributed by atoms with Crippen molar-refractivity contribution in [3.05, 3.63) is 95.1 Å². The topological polar surface area (TPSA) is 44.8 Å². The molecule has 1 fully saturated rings. The van der Waals surface area contributed by atoms with Gasteiger partial charge >= 0.3 is 0 Å². The van der Waals surface area contributed by atoms with Crippen molar-refractivity contribution in [3.8, 4) is 5.75 Å². The first-order valence-corrected chi connectivity index (χ1v) is 11.9. The number of halogens is 2. The first-order chi connectivity index (χ1) is 17.0. The standard InChI is InChI=1S/C28H29F2N3O2/c1-35-23-11-8-20-14-24(28(34)31-16-21-4-2-3-5-25(21)30)27-18-32(12-13-33(27)26(20)15-23)17-19-6-9-22(29)10-7-19/h2-11,15,24,27H,12-14,16-18H2,1H3,(H,31,34)/t24-,27-/m0/s1. The summed E-state index contributed by atoms with van der Waals surface area (Å²) in [5, 5.41) is 2.98. The smallest absolute Gasteiger partial charge is 0.225 e. The normalized spacial score (nSPS) is 19.6. The molecular weight excluding hydrogens is 448 g/mol. The molecule has 2 heterocycles. The number of piperazine rings is 1. The van der Waals surface area contributed by atoms with Crippen LogP contribution in [0.4, 0.5) is 14.5 Å². The van der Waals surface area contributed by atoms with Crippen molar-refractivity contribution >= 4 is 11.6 Å². The average molecular weight is 478 g/mol. The van der Waals surface area contributed by atoms with Crippen LogP contribution in [0.1, 0.15) is 16.7 Å². The number of carbonyl (C=O) groups is 1. The number of methoxy groups -OCH3 is 1. The zero-order valence-electron chi connectivity index (χ0n) is 19.7. The van der Waals surface area contributed by atoms with E-state index in [1.807, 2.05) is 18.2 Å². The fraction of sp³-hybridized carbons (Fsp3) is 0.321. The zero-order valence-corrected chi connectivity index (χ0v) is 19.7. The van der Waals surface area contributed by atoms with Crippen LogP contribution in [-0.2, 0) is 24.3 Å². The van der Waals surface area contributed by atoms with Gasteiger partial charge < -0.3 is 15.0 Å². The molecule has 1 N–H and O–H groups in total. The van der Waals surface area contributed by atoms with Gasteiger partial charge in [0.05, 0.1) is 19.1 Å². The second-order valence-electron chi connectivity index (χ2n) is 9.24. The Balaban J connectivity index is 1.38. The number of ether oxygens (including phenoxy) is 1. The summed E-state index contributed by atoms with van der Waals surface area (Å²) in [6, 6.07) is 19.1. The molecule has 2 aliphatic rings. The fourth-order valence-electron chi connectivity index (χ4n) is 5.21. The van der Waals surface area contributed by atoms with Crippen molar-refractivity contribution in [2.45, 2.75) is 25.6 Å². The van der Waals surface area contributed by atoms with E-state index >= 15 is 0 Å². The second-order valence-corrected chi connectivity index (χ2v) is 9.24. The maximum absolute atomic E-state index is 14.1. The predicted octanol–water partition coefficient (Wildman–Crippen LogP) is 4.15. The van der Waals surface area contributed by atoms with Crippen molar-refractivity contribution in [1.29, 1.82) is 0 Å². The van der Waals surface area contributed by atoms with E-state index < -0.39 is 0 Å². The molecule has 0 aromatic heterocycles. The number of carbonyl (C=O) groups excluding carboxylic acids is 1. The van der Waals surface area contributed by atoms with E-state index in [2.05, 4.69) is 15.1 Å². The van der Waals surface area contributed by atoms with Crippen LogP contribution in [0, 0.1) is 17.6 Å². The van der Waals surface area contributed by atoms with Crippen LogP contribution < -0.4 is 15.0 Å². The molecule has 0 unspecified atom stereocenters. The van der Waals surface area contributed by atoms with E-state index in [-0.39, 0.29) is 36.0 Å². The van der Waals surface area contributed by atoms with Gasteiger partial charge in [0.1, 0.15) is 17.4 Å². The summed E-state index contributed by atoms with van der Waals surface area (Å²) in [4.78, 5) is 18.1. The van der Waals surface area contributed by atoms with Gasteiger partial charge in [0.2, 0.25) is 5.91 Å². The summed E-state index contributed by atoms with van der Waals surface area (Å²) < 4.78 is 32.9. The summed E-state index contributed by atoms with van der Waals surface area (Å²) in [6.07, 6.45) is 0.605. The molecule has 0 bridgehead atoms. The third-order valence-electron chi connectivity index (χ3n) is 7.08. The summed E-state index contributed by atoms with van der Waals surface area (Å²) in [6.45, 7) is 3.14. The van der Waals surface area contributed by atoms with Crippen molar-refractivity contribution in [2.24, 2.45) is 5.92 Å². The predicted molar refractivity (Wildman–Crippen MR) is 131 cm³/mol. The third-order valence-corrected chi connectivity index (χ3v) is 7.08. The quantitative estimate of drug-likeness (QED) is 0.579. The first-order valence-electron chi connectivity index (χ1n) is 11.9. The monoisotopic (exact) mass is 477 g/mol. The van der Waals surface area contributed by atoms with Crippen molar-refractivity contribution in [3.63, 3.8) is 0 Å². The van der Waals surface area contributed by atoms with Crippen LogP contribution in [0.5, 0.6) is 5.75 Å². The molecule has 1 saturated heterocycles. The van der Waals surface area contributed by atoms with Gasteiger partial charge in [-0.05, 0) is 41.8 Å². The summed E-state index contributed by atoms with van der Waals surface area (Å²) in [5.74, 6) is -0.132. The minimum Gasteiger partial charge on any atom is -0.497 e. The highest BCUT2D eigenvalue weighted by Gasteiger charge is 2.41. The highest BCUT2D eigenvalue weighted by Crippen LogP contribution is 2.38. The maximum atomic E-state index is 14.1. The molecule has 35 heavy (non-hydrogen) atoms. The van der Waals surface area contributed by atoms with E-state index in [1.165, 1.54) is 18.2 Å². The summed E-state index contributed by atoms with van der Waals surface area (Å²) >= 11 is 0. The van der Waals surface area contributed by atoms with E-state index in [0.717, 1.165) is 35.7 Å². The number of nitrogens with zero attached hydrogens (tertiary/aromatic N) is 2. The Morgan fingerprint density at radius 3 is 2.63 bits per heavy atom. The SMILES string of the molecule is COc1ccc2c(c1)N1CCN(Cc3ccc(F)cc3)C[C@H]1[C@@H](C(=O)NCc1ccccc1F)C2. The highest BCUT2D eigenvalue weighted by atomic mass is 19.1. The number of benzene rings is 3. The Morgan fingerprint density at radius 1 is 1.06 bits per heavy atom. The van der Waals surface area contributed by atoms with Crippen LogP contribution >= 0.6 is 0 Å². The fourth-order valence-corrected chi connectivity index (χ4v) is 5.21. The molecular formula is C28H29F2N3O2. The van der Waals surface area contributed by atoms with E-state index in [4.69, 9.17) is 4.74 Å². The number of hydrogen-bond acceptors (Lipinski definition) is 4. The Kier molecular flexibility index (Phi) is 6.68. The van der Waals surface area contributed by atoms with Crippen molar-refractivity contribution in [1.82, 2.24) is 10.2 Å². The molecule has 0 aliphatic carbocycles. The lowest BCUT2D eigenvalue weighted by Gasteiger charge is -2.49. The van der Waals surface area contributed by atoms with E-state index in [0.29, 0.717) is 25.1 Å². The van der Waals surface area contributed by atoms with Gasteiger partial charge in [0.25, 0.3) is 0 Å². The van der Waals surface area contributed by atoms with Gasteiger partial charge in [-0.15, -0.1) is 0 Å². The van der Waals surface area contributed by atoms with Gasteiger partial charge in [0, 0.05) is 50.0 Å². The summed E-state index contributed by atoms with van der Waals surface area (Å²) in [5.41, 5.74) is 3.73. The molecule has 0 saturated carbocycles. The van der Waals surface area contributed by atoms with E-state index in [9.17, 15) is 13.6 Å².